The van der Waals surface area contributed by atoms with Gasteiger partial charge in [0.2, 0.25) is 15.9 Å². The van der Waals surface area contributed by atoms with Crippen LogP contribution in [0.1, 0.15) is 12.8 Å². The maximum Gasteiger partial charge on any atom is 0.328 e. The van der Waals surface area contributed by atoms with E-state index in [-0.39, 0.29) is 18.2 Å². The summed E-state index contributed by atoms with van der Waals surface area (Å²) in [5, 5.41) is 11.2. The number of nitrogens with one attached hydrogen (secondary N) is 2. The number of hydrogen-bond donors (Lipinski definition) is 3. The third-order valence-electron chi connectivity index (χ3n) is 2.54. The van der Waals surface area contributed by atoms with E-state index < -0.39 is 22.0 Å². The molecule has 8 heteroatoms. The van der Waals surface area contributed by atoms with Crippen LogP contribution in [-0.4, -0.2) is 44.2 Å². The van der Waals surface area contributed by atoms with Crippen LogP contribution in [0, 0.1) is 5.92 Å². The van der Waals surface area contributed by atoms with Crippen molar-refractivity contribution in [1.29, 1.82) is 0 Å². The smallest absolute Gasteiger partial charge is 0.328 e. The van der Waals surface area contributed by atoms with Crippen molar-refractivity contribution < 1.29 is 23.1 Å². The molecule has 0 aromatic carbocycles. The van der Waals surface area contributed by atoms with Gasteiger partial charge in [0.25, 0.3) is 0 Å². The molecule has 1 amide bonds. The van der Waals surface area contributed by atoms with E-state index >= 15 is 0 Å². The molecule has 1 fully saturated rings. The summed E-state index contributed by atoms with van der Waals surface area (Å²) < 4.78 is 24.6. The number of carbonyl (C=O) groups is 2. The van der Waals surface area contributed by atoms with Gasteiger partial charge >= 0.3 is 5.97 Å². The molecule has 3 N–H and O–H groups in total. The van der Waals surface area contributed by atoms with E-state index in [9.17, 15) is 18.0 Å². The monoisotopic (exact) mass is 276 g/mol. The molecule has 0 aromatic heterocycles. The molecule has 0 saturated carbocycles. The first-order valence-corrected chi connectivity index (χ1v) is 7.33. The van der Waals surface area contributed by atoms with Crippen molar-refractivity contribution >= 4 is 21.9 Å². The number of sulfonamides is 1. The summed E-state index contributed by atoms with van der Waals surface area (Å²) >= 11 is 0. The van der Waals surface area contributed by atoms with Gasteiger partial charge in [-0.3, -0.25) is 4.79 Å². The highest BCUT2D eigenvalue weighted by molar-refractivity contribution is 7.88. The summed E-state index contributed by atoms with van der Waals surface area (Å²) in [5.74, 6) is -1.58. The van der Waals surface area contributed by atoms with Gasteiger partial charge in [-0.25, -0.2) is 17.9 Å². The zero-order valence-electron chi connectivity index (χ0n) is 9.92. The molecule has 1 aliphatic heterocycles. The van der Waals surface area contributed by atoms with Crippen molar-refractivity contribution in [2.45, 2.75) is 18.9 Å². The van der Waals surface area contributed by atoms with Gasteiger partial charge in [0, 0.05) is 24.6 Å². The Hall–Kier alpha value is -1.41. The first kappa shape index (κ1) is 14.7. The molecule has 0 aromatic rings. The fraction of sp³-hybridized carbons (Fsp3) is 0.600. The molecular weight excluding hydrogens is 260 g/mol. The Morgan fingerprint density at radius 1 is 1.67 bits per heavy atom. The minimum Gasteiger partial charge on any atom is -0.478 e. The van der Waals surface area contributed by atoms with E-state index in [0.717, 1.165) is 12.3 Å². The fourth-order valence-corrected chi connectivity index (χ4v) is 2.54. The lowest BCUT2D eigenvalue weighted by Crippen LogP contribution is -2.35. The molecule has 1 aliphatic rings. The normalized spacial score (nSPS) is 22.1. The maximum atomic E-state index is 11.4. The van der Waals surface area contributed by atoms with Crippen molar-refractivity contribution in [1.82, 2.24) is 10.0 Å². The van der Waals surface area contributed by atoms with Crippen LogP contribution in [0.5, 0.6) is 0 Å². The zero-order valence-corrected chi connectivity index (χ0v) is 10.7. The molecule has 1 saturated heterocycles. The Balaban J connectivity index is 2.70. The molecule has 0 unspecified atom stereocenters. The van der Waals surface area contributed by atoms with Crippen LogP contribution in [0.4, 0.5) is 0 Å². The van der Waals surface area contributed by atoms with Gasteiger partial charge < -0.3 is 10.4 Å². The highest BCUT2D eigenvalue weighted by atomic mass is 32.2. The summed E-state index contributed by atoms with van der Waals surface area (Å²) in [7, 11) is -3.46. The number of amides is 1. The molecule has 2 atom stereocenters. The highest BCUT2D eigenvalue weighted by Crippen LogP contribution is 2.17. The van der Waals surface area contributed by atoms with Gasteiger partial charge in [0.1, 0.15) is 0 Å². The maximum absolute atomic E-state index is 11.4. The molecule has 102 valence electrons. The molecule has 1 heterocycles. The lowest BCUT2D eigenvalue weighted by Gasteiger charge is -2.16. The quantitative estimate of drug-likeness (QED) is 0.543. The van der Waals surface area contributed by atoms with Crippen LogP contribution in [0.3, 0.4) is 0 Å². The van der Waals surface area contributed by atoms with Crippen LogP contribution < -0.4 is 10.0 Å². The lowest BCUT2D eigenvalue weighted by atomic mass is 9.99. The average molecular weight is 276 g/mol. The van der Waals surface area contributed by atoms with E-state index in [2.05, 4.69) is 10.0 Å². The lowest BCUT2D eigenvalue weighted by molar-refractivity contribution is -0.131. The van der Waals surface area contributed by atoms with Gasteiger partial charge in [-0.05, 0) is 12.8 Å². The summed E-state index contributed by atoms with van der Waals surface area (Å²) in [4.78, 5) is 21.8. The molecule has 18 heavy (non-hydrogen) atoms. The second-order valence-electron chi connectivity index (χ2n) is 4.21. The summed E-state index contributed by atoms with van der Waals surface area (Å²) in [5.41, 5.74) is 0. The van der Waals surface area contributed by atoms with Gasteiger partial charge in [0.15, 0.2) is 0 Å². The Bertz CT molecular complexity index is 457. The van der Waals surface area contributed by atoms with E-state index in [1.54, 1.807) is 0 Å². The molecule has 7 nitrogen and oxygen atoms in total. The van der Waals surface area contributed by atoms with Crippen molar-refractivity contribution in [3.8, 4) is 0 Å². The summed E-state index contributed by atoms with van der Waals surface area (Å²) in [6.45, 7) is 0.567. The topological polar surface area (TPSA) is 113 Å². The highest BCUT2D eigenvalue weighted by Gasteiger charge is 2.27. The first-order valence-electron chi connectivity index (χ1n) is 5.44. The fourth-order valence-electron chi connectivity index (χ4n) is 1.82. The van der Waals surface area contributed by atoms with Gasteiger partial charge in [-0.2, -0.15) is 0 Å². The molecule has 0 radical (unpaired) electrons. The molecule has 0 aliphatic carbocycles. The largest absolute Gasteiger partial charge is 0.478 e. The van der Waals surface area contributed by atoms with E-state index in [4.69, 9.17) is 5.11 Å². The van der Waals surface area contributed by atoms with E-state index in [1.807, 2.05) is 0 Å². The second-order valence-corrected chi connectivity index (χ2v) is 5.99. The minimum atomic E-state index is -3.46. The number of carbonyl (C=O) groups excluding carboxylic acids is 1. The summed E-state index contributed by atoms with van der Waals surface area (Å²) in [6.07, 6.45) is 3.98. The minimum absolute atomic E-state index is 0.126. The van der Waals surface area contributed by atoms with Crippen LogP contribution in [0.15, 0.2) is 12.2 Å². The van der Waals surface area contributed by atoms with Crippen LogP contribution in [-0.2, 0) is 19.6 Å². The molecule has 0 spiro atoms. The number of hydrogen-bond acceptors (Lipinski definition) is 4. The number of aliphatic carboxylic acids is 1. The van der Waals surface area contributed by atoms with Gasteiger partial charge in [0.05, 0.1) is 6.26 Å². The Labute approximate surface area is 105 Å². The standard InChI is InChI=1S/C10H16N2O5S/c1-18(16,17)12-8(2-3-9(13)14)6-7-4-5-11-10(7)15/h2-3,7-8,12H,4-6H2,1H3,(H,11,15)(H,13,14)/t7-,8+/m0/s1. The molecular formula is C10H16N2O5S. The average Bonchev–Trinajstić information content (AvgIpc) is 2.59. The third-order valence-corrected chi connectivity index (χ3v) is 3.27. The Morgan fingerprint density at radius 2 is 2.33 bits per heavy atom. The predicted molar refractivity (Wildman–Crippen MR) is 64.3 cm³/mol. The summed E-state index contributed by atoms with van der Waals surface area (Å²) in [6, 6.07) is -0.690. The molecule has 1 rings (SSSR count). The van der Waals surface area contributed by atoms with Crippen molar-refractivity contribution in [2.75, 3.05) is 12.8 Å². The first-order chi connectivity index (χ1) is 8.28. The Kier molecular flexibility index (Phi) is 4.85. The van der Waals surface area contributed by atoms with Crippen molar-refractivity contribution in [2.24, 2.45) is 5.92 Å². The Morgan fingerprint density at radius 3 is 2.78 bits per heavy atom. The predicted octanol–water partition coefficient (Wildman–Crippen LogP) is -0.929. The third kappa shape index (κ3) is 5.28. The number of carboxylic acid groups (broad SMARTS) is 1. The van der Waals surface area contributed by atoms with E-state index in [0.29, 0.717) is 13.0 Å². The molecule has 0 bridgehead atoms. The van der Waals surface area contributed by atoms with Crippen molar-refractivity contribution in [3.63, 3.8) is 0 Å². The van der Waals surface area contributed by atoms with Crippen LogP contribution >= 0.6 is 0 Å². The van der Waals surface area contributed by atoms with Gasteiger partial charge in [-0.15, -0.1) is 0 Å². The van der Waals surface area contributed by atoms with Crippen molar-refractivity contribution in [3.05, 3.63) is 12.2 Å². The zero-order chi connectivity index (χ0) is 13.8. The van der Waals surface area contributed by atoms with Gasteiger partial charge in [-0.1, -0.05) is 6.08 Å². The van der Waals surface area contributed by atoms with Crippen LogP contribution in [0.2, 0.25) is 0 Å². The number of rotatable bonds is 6. The SMILES string of the molecule is CS(=O)(=O)N[C@H](C=CC(=O)O)C[C@@H]1CCNC1=O. The number of carboxylic acids is 1. The van der Waals surface area contributed by atoms with E-state index in [1.165, 1.54) is 6.08 Å². The van der Waals surface area contributed by atoms with Crippen LogP contribution in [0.25, 0.3) is 0 Å². The second kappa shape index (κ2) is 5.96.